The standard InChI is InChI=1S/C15H26N2O3/c1-15(2,3)12(13(18)19)17-14(20)16-10-9-11-7-5-4-6-8-11/h7,12H,4-6,8-10H2,1-3H3,(H,18,19)(H2,16,17,20)/t12-/m1/s1. The van der Waals surface area contributed by atoms with Gasteiger partial charge in [-0.3, -0.25) is 0 Å². The van der Waals surface area contributed by atoms with Crippen LogP contribution in [0.4, 0.5) is 4.79 Å². The topological polar surface area (TPSA) is 78.4 Å². The number of hydrogen-bond donors (Lipinski definition) is 3. The van der Waals surface area contributed by atoms with E-state index in [1.807, 2.05) is 0 Å². The van der Waals surface area contributed by atoms with Crippen LogP contribution < -0.4 is 10.6 Å². The summed E-state index contributed by atoms with van der Waals surface area (Å²) >= 11 is 0. The second kappa shape index (κ2) is 7.31. The van der Waals surface area contributed by atoms with Crippen molar-refractivity contribution in [1.29, 1.82) is 0 Å². The third kappa shape index (κ3) is 5.63. The number of aliphatic carboxylic acids is 1. The van der Waals surface area contributed by atoms with Gasteiger partial charge in [0.05, 0.1) is 0 Å². The average molecular weight is 282 g/mol. The second-order valence-electron chi connectivity index (χ2n) is 6.40. The number of hydrogen-bond acceptors (Lipinski definition) is 2. The summed E-state index contributed by atoms with van der Waals surface area (Å²) in [5.41, 5.74) is 0.872. The van der Waals surface area contributed by atoms with Gasteiger partial charge in [-0.2, -0.15) is 0 Å². The SMILES string of the molecule is CC(C)(C)[C@H](NC(=O)NCCC1=CCCCC1)C(=O)O. The zero-order chi connectivity index (χ0) is 15.2. The van der Waals surface area contributed by atoms with Crippen LogP contribution in [0.25, 0.3) is 0 Å². The highest BCUT2D eigenvalue weighted by atomic mass is 16.4. The number of carbonyl (C=O) groups is 2. The Labute approximate surface area is 120 Å². The van der Waals surface area contributed by atoms with Crippen LogP contribution in [0.5, 0.6) is 0 Å². The molecule has 1 aliphatic rings. The molecule has 0 aromatic heterocycles. The monoisotopic (exact) mass is 282 g/mol. The maximum absolute atomic E-state index is 11.7. The van der Waals surface area contributed by atoms with Gasteiger partial charge in [0.1, 0.15) is 6.04 Å². The molecule has 5 nitrogen and oxygen atoms in total. The quantitative estimate of drug-likeness (QED) is 0.678. The van der Waals surface area contributed by atoms with Crippen molar-refractivity contribution in [1.82, 2.24) is 10.6 Å². The molecule has 0 aromatic rings. The fraction of sp³-hybridized carbons (Fsp3) is 0.733. The molecular formula is C15H26N2O3. The van der Waals surface area contributed by atoms with Gasteiger partial charge >= 0.3 is 12.0 Å². The van der Waals surface area contributed by atoms with Gasteiger partial charge < -0.3 is 15.7 Å². The lowest BCUT2D eigenvalue weighted by Gasteiger charge is -2.27. The van der Waals surface area contributed by atoms with Gasteiger partial charge in [0, 0.05) is 6.54 Å². The molecule has 0 radical (unpaired) electrons. The number of carboxylic acids is 1. The highest BCUT2D eigenvalue weighted by Crippen LogP contribution is 2.20. The number of urea groups is 1. The van der Waals surface area contributed by atoms with E-state index in [2.05, 4.69) is 16.7 Å². The van der Waals surface area contributed by atoms with Crippen molar-refractivity contribution >= 4 is 12.0 Å². The Kier molecular flexibility index (Phi) is 6.05. The smallest absolute Gasteiger partial charge is 0.326 e. The van der Waals surface area contributed by atoms with Gasteiger partial charge in [-0.25, -0.2) is 9.59 Å². The Morgan fingerprint density at radius 1 is 1.35 bits per heavy atom. The fourth-order valence-electron chi connectivity index (χ4n) is 2.30. The van der Waals surface area contributed by atoms with Crippen LogP contribution in [0.3, 0.4) is 0 Å². The van der Waals surface area contributed by atoms with E-state index in [9.17, 15) is 9.59 Å². The van der Waals surface area contributed by atoms with E-state index in [1.54, 1.807) is 20.8 Å². The third-order valence-corrected chi connectivity index (χ3v) is 3.51. The van der Waals surface area contributed by atoms with E-state index < -0.39 is 23.5 Å². The molecule has 20 heavy (non-hydrogen) atoms. The van der Waals surface area contributed by atoms with Crippen LogP contribution in [0.15, 0.2) is 11.6 Å². The number of allylic oxidation sites excluding steroid dienone is 1. The van der Waals surface area contributed by atoms with Crippen molar-refractivity contribution in [3.05, 3.63) is 11.6 Å². The van der Waals surface area contributed by atoms with Crippen molar-refractivity contribution in [3.8, 4) is 0 Å². The molecule has 0 heterocycles. The molecule has 0 saturated heterocycles. The molecule has 114 valence electrons. The van der Waals surface area contributed by atoms with Crippen molar-refractivity contribution in [2.75, 3.05) is 6.54 Å². The number of amides is 2. The summed E-state index contributed by atoms with van der Waals surface area (Å²) in [5.74, 6) is -1.01. The first-order valence-corrected chi connectivity index (χ1v) is 7.26. The zero-order valence-corrected chi connectivity index (χ0v) is 12.7. The van der Waals surface area contributed by atoms with E-state index >= 15 is 0 Å². The van der Waals surface area contributed by atoms with Crippen LogP contribution in [0.2, 0.25) is 0 Å². The summed E-state index contributed by atoms with van der Waals surface area (Å²) in [4.78, 5) is 22.9. The molecule has 0 bridgehead atoms. The number of rotatable bonds is 5. The summed E-state index contributed by atoms with van der Waals surface area (Å²) in [6, 6.07) is -1.31. The maximum atomic E-state index is 11.7. The summed E-state index contributed by atoms with van der Waals surface area (Å²) in [7, 11) is 0. The lowest BCUT2D eigenvalue weighted by Crippen LogP contribution is -2.52. The maximum Gasteiger partial charge on any atom is 0.326 e. The first kappa shape index (κ1) is 16.5. The molecule has 1 atom stereocenters. The van der Waals surface area contributed by atoms with E-state index in [0.717, 1.165) is 19.3 Å². The molecular weight excluding hydrogens is 256 g/mol. The third-order valence-electron chi connectivity index (χ3n) is 3.51. The summed E-state index contributed by atoms with van der Waals surface area (Å²) in [6.45, 7) is 5.92. The molecule has 3 N–H and O–H groups in total. The van der Waals surface area contributed by atoms with Crippen LogP contribution in [-0.2, 0) is 4.79 Å². The Morgan fingerprint density at radius 2 is 2.05 bits per heavy atom. The van der Waals surface area contributed by atoms with Gasteiger partial charge in [0.15, 0.2) is 0 Å². The first-order chi connectivity index (χ1) is 9.30. The lowest BCUT2D eigenvalue weighted by atomic mass is 9.87. The van der Waals surface area contributed by atoms with Crippen LogP contribution in [0, 0.1) is 5.41 Å². The van der Waals surface area contributed by atoms with Gasteiger partial charge in [-0.1, -0.05) is 32.4 Å². The minimum Gasteiger partial charge on any atom is -0.480 e. The highest BCUT2D eigenvalue weighted by molar-refractivity contribution is 5.83. The Bertz CT molecular complexity index is 383. The highest BCUT2D eigenvalue weighted by Gasteiger charge is 2.32. The van der Waals surface area contributed by atoms with E-state index in [1.165, 1.54) is 18.4 Å². The van der Waals surface area contributed by atoms with Crippen LogP contribution >= 0.6 is 0 Å². The molecule has 0 fully saturated rings. The molecule has 5 heteroatoms. The van der Waals surface area contributed by atoms with E-state index in [0.29, 0.717) is 6.54 Å². The van der Waals surface area contributed by atoms with Gasteiger partial charge in [-0.05, 0) is 37.5 Å². The molecule has 2 amide bonds. The minimum atomic E-state index is -1.01. The van der Waals surface area contributed by atoms with Crippen molar-refractivity contribution in [3.63, 3.8) is 0 Å². The summed E-state index contributed by atoms with van der Waals surface area (Å²) < 4.78 is 0. The summed E-state index contributed by atoms with van der Waals surface area (Å²) in [5, 5.41) is 14.4. The van der Waals surface area contributed by atoms with Crippen LogP contribution in [0.1, 0.15) is 52.9 Å². The van der Waals surface area contributed by atoms with Crippen molar-refractivity contribution in [2.45, 2.75) is 58.9 Å². The number of nitrogens with one attached hydrogen (secondary N) is 2. The number of carbonyl (C=O) groups excluding carboxylic acids is 1. The molecule has 0 saturated carbocycles. The Morgan fingerprint density at radius 3 is 2.55 bits per heavy atom. The van der Waals surface area contributed by atoms with Gasteiger partial charge in [0.2, 0.25) is 0 Å². The van der Waals surface area contributed by atoms with Crippen molar-refractivity contribution < 1.29 is 14.7 Å². The summed E-state index contributed by atoms with van der Waals surface area (Å²) in [6.07, 6.45) is 7.82. The average Bonchev–Trinajstić information content (AvgIpc) is 2.35. The van der Waals surface area contributed by atoms with Crippen LogP contribution in [-0.4, -0.2) is 29.7 Å². The van der Waals surface area contributed by atoms with Gasteiger partial charge in [0.25, 0.3) is 0 Å². The van der Waals surface area contributed by atoms with Crippen molar-refractivity contribution in [2.24, 2.45) is 5.41 Å². The second-order valence-corrected chi connectivity index (χ2v) is 6.40. The zero-order valence-electron chi connectivity index (χ0n) is 12.7. The first-order valence-electron chi connectivity index (χ1n) is 7.26. The Hall–Kier alpha value is -1.52. The molecule has 1 aliphatic carbocycles. The molecule has 1 rings (SSSR count). The molecule has 0 aromatic carbocycles. The fourth-order valence-corrected chi connectivity index (χ4v) is 2.30. The lowest BCUT2D eigenvalue weighted by molar-refractivity contribution is -0.141. The predicted octanol–water partition coefficient (Wildman–Crippen LogP) is 2.68. The normalized spacial score (nSPS) is 17.1. The van der Waals surface area contributed by atoms with E-state index in [-0.39, 0.29) is 0 Å². The molecule has 0 spiro atoms. The molecule has 0 aliphatic heterocycles. The number of carboxylic acid groups (broad SMARTS) is 1. The van der Waals surface area contributed by atoms with Gasteiger partial charge in [-0.15, -0.1) is 0 Å². The Balaban J connectivity index is 2.35. The molecule has 0 unspecified atom stereocenters. The predicted molar refractivity (Wildman–Crippen MR) is 78.6 cm³/mol. The van der Waals surface area contributed by atoms with E-state index in [4.69, 9.17) is 5.11 Å². The minimum absolute atomic E-state index is 0.413. The largest absolute Gasteiger partial charge is 0.480 e.